The quantitative estimate of drug-likeness (QED) is 0.571. The highest BCUT2D eigenvalue weighted by atomic mass is 16.3. The third-order valence-electron chi connectivity index (χ3n) is 4.60. The first-order chi connectivity index (χ1) is 13.1. The molecule has 1 aliphatic carbocycles. The van der Waals surface area contributed by atoms with Crippen molar-refractivity contribution in [2.24, 2.45) is 0 Å². The number of aromatic nitrogens is 2. The molecule has 0 spiro atoms. The van der Waals surface area contributed by atoms with E-state index in [0.717, 1.165) is 22.5 Å². The fourth-order valence-corrected chi connectivity index (χ4v) is 3.30. The van der Waals surface area contributed by atoms with Gasteiger partial charge in [0.15, 0.2) is 5.78 Å². The van der Waals surface area contributed by atoms with Crippen molar-refractivity contribution >= 4 is 17.6 Å². The van der Waals surface area contributed by atoms with Crippen molar-refractivity contribution in [1.82, 2.24) is 9.55 Å². The molecule has 4 rings (SSSR count). The molecule has 0 aliphatic heterocycles. The van der Waals surface area contributed by atoms with Gasteiger partial charge < -0.3 is 9.67 Å². The number of hydrogen-bond acceptors (Lipinski definition) is 4. The minimum Gasteiger partial charge on any atom is -0.508 e. The lowest BCUT2D eigenvalue weighted by atomic mass is 10.1. The highest BCUT2D eigenvalue weighted by Crippen LogP contribution is 2.28. The number of aromatic hydroxyl groups is 1. The van der Waals surface area contributed by atoms with E-state index < -0.39 is 0 Å². The minimum atomic E-state index is -0.121. The monoisotopic (exact) mass is 358 g/mol. The standard InChI is InChI=1S/C22H18N2O3/c25-18-8-4-5-15(9-18)13-24-14-23-22(16-6-2-1-3-7-16)20(24)11-17-10-19(26)12-21(17)27/h1-9,11,14,25H,10,12-13H2/b17-11+. The molecule has 2 aromatic carbocycles. The van der Waals surface area contributed by atoms with Crippen LogP contribution in [0.5, 0.6) is 5.75 Å². The van der Waals surface area contributed by atoms with Gasteiger partial charge in [0.05, 0.1) is 24.1 Å². The second-order valence-corrected chi connectivity index (χ2v) is 6.63. The number of ketones is 2. The summed E-state index contributed by atoms with van der Waals surface area (Å²) in [7, 11) is 0. The van der Waals surface area contributed by atoms with Crippen LogP contribution in [0.2, 0.25) is 0 Å². The largest absolute Gasteiger partial charge is 0.508 e. The van der Waals surface area contributed by atoms with Crippen molar-refractivity contribution in [2.45, 2.75) is 19.4 Å². The zero-order valence-electron chi connectivity index (χ0n) is 14.6. The van der Waals surface area contributed by atoms with Crippen LogP contribution in [-0.2, 0) is 16.1 Å². The molecule has 0 amide bonds. The van der Waals surface area contributed by atoms with Gasteiger partial charge in [-0.2, -0.15) is 0 Å². The van der Waals surface area contributed by atoms with Crippen LogP contribution in [-0.4, -0.2) is 26.2 Å². The number of benzene rings is 2. The average molecular weight is 358 g/mol. The molecule has 0 bridgehead atoms. The van der Waals surface area contributed by atoms with Crippen LogP contribution >= 0.6 is 0 Å². The molecule has 1 aromatic heterocycles. The molecule has 5 heteroatoms. The smallest absolute Gasteiger partial charge is 0.166 e. The van der Waals surface area contributed by atoms with Gasteiger partial charge in [-0.25, -0.2) is 4.98 Å². The van der Waals surface area contributed by atoms with Crippen LogP contribution in [0.3, 0.4) is 0 Å². The first-order valence-electron chi connectivity index (χ1n) is 8.74. The van der Waals surface area contributed by atoms with E-state index in [0.29, 0.717) is 12.1 Å². The molecule has 134 valence electrons. The van der Waals surface area contributed by atoms with Crippen LogP contribution in [0.1, 0.15) is 24.1 Å². The van der Waals surface area contributed by atoms with Gasteiger partial charge in [0.1, 0.15) is 11.5 Å². The maximum Gasteiger partial charge on any atom is 0.166 e. The lowest BCUT2D eigenvalue weighted by molar-refractivity contribution is -0.121. The van der Waals surface area contributed by atoms with Gasteiger partial charge in [-0.1, -0.05) is 42.5 Å². The van der Waals surface area contributed by atoms with Crippen molar-refractivity contribution in [3.05, 3.63) is 77.8 Å². The Balaban J connectivity index is 1.80. The van der Waals surface area contributed by atoms with E-state index in [9.17, 15) is 14.7 Å². The van der Waals surface area contributed by atoms with Crippen LogP contribution in [0, 0.1) is 0 Å². The summed E-state index contributed by atoms with van der Waals surface area (Å²) >= 11 is 0. The Morgan fingerprint density at radius 2 is 1.85 bits per heavy atom. The first-order valence-corrected chi connectivity index (χ1v) is 8.74. The van der Waals surface area contributed by atoms with Crippen LogP contribution in [0.15, 0.2) is 66.5 Å². The average Bonchev–Trinajstić information content (AvgIpc) is 3.19. The summed E-state index contributed by atoms with van der Waals surface area (Å²) in [5, 5.41) is 9.72. The van der Waals surface area contributed by atoms with Gasteiger partial charge in [-0.15, -0.1) is 0 Å². The number of phenols is 1. The van der Waals surface area contributed by atoms with Crippen molar-refractivity contribution < 1.29 is 14.7 Å². The van der Waals surface area contributed by atoms with E-state index in [2.05, 4.69) is 4.98 Å². The molecule has 1 N–H and O–H groups in total. The highest BCUT2D eigenvalue weighted by molar-refractivity contribution is 6.18. The zero-order valence-corrected chi connectivity index (χ0v) is 14.6. The predicted octanol–water partition coefficient (Wildman–Crippen LogP) is 3.62. The Bertz CT molecular complexity index is 1050. The molecule has 1 aliphatic rings. The maximum absolute atomic E-state index is 12.1. The fourth-order valence-electron chi connectivity index (χ4n) is 3.30. The molecule has 5 nitrogen and oxygen atoms in total. The third-order valence-corrected chi connectivity index (χ3v) is 4.60. The van der Waals surface area contributed by atoms with Crippen LogP contribution in [0.4, 0.5) is 0 Å². The van der Waals surface area contributed by atoms with E-state index in [1.54, 1.807) is 30.6 Å². The molecule has 1 fully saturated rings. The van der Waals surface area contributed by atoms with Gasteiger partial charge in [-0.05, 0) is 23.8 Å². The summed E-state index contributed by atoms with van der Waals surface area (Å²) in [5.41, 5.74) is 3.92. The summed E-state index contributed by atoms with van der Waals surface area (Å²) in [6, 6.07) is 16.8. The Kier molecular flexibility index (Phi) is 4.42. The Morgan fingerprint density at radius 1 is 1.04 bits per heavy atom. The van der Waals surface area contributed by atoms with Gasteiger partial charge in [0, 0.05) is 24.1 Å². The second-order valence-electron chi connectivity index (χ2n) is 6.63. The van der Waals surface area contributed by atoms with E-state index in [-0.39, 0.29) is 30.2 Å². The summed E-state index contributed by atoms with van der Waals surface area (Å²) in [6.45, 7) is 0.496. The van der Waals surface area contributed by atoms with Gasteiger partial charge in [0.2, 0.25) is 0 Å². The zero-order chi connectivity index (χ0) is 18.8. The van der Waals surface area contributed by atoms with E-state index in [4.69, 9.17) is 0 Å². The summed E-state index contributed by atoms with van der Waals surface area (Å²) in [4.78, 5) is 28.3. The molecule has 1 heterocycles. The van der Waals surface area contributed by atoms with Crippen LogP contribution in [0.25, 0.3) is 17.3 Å². The van der Waals surface area contributed by atoms with E-state index >= 15 is 0 Å². The highest BCUT2D eigenvalue weighted by Gasteiger charge is 2.25. The molecule has 0 saturated heterocycles. The summed E-state index contributed by atoms with van der Waals surface area (Å²) < 4.78 is 1.93. The van der Waals surface area contributed by atoms with Crippen molar-refractivity contribution in [3.63, 3.8) is 0 Å². The number of rotatable bonds is 4. The fraction of sp³-hybridized carbons (Fsp3) is 0.136. The number of phenolic OH excluding ortho intramolecular Hbond substituents is 1. The topological polar surface area (TPSA) is 72.2 Å². The number of allylic oxidation sites excluding steroid dienone is 1. The van der Waals surface area contributed by atoms with Gasteiger partial charge in [-0.3, -0.25) is 9.59 Å². The maximum atomic E-state index is 12.1. The summed E-state index contributed by atoms with van der Waals surface area (Å²) in [5.74, 6) is 0.0306. The van der Waals surface area contributed by atoms with Crippen LogP contribution < -0.4 is 0 Å². The van der Waals surface area contributed by atoms with Crippen molar-refractivity contribution in [1.29, 1.82) is 0 Å². The van der Waals surface area contributed by atoms with E-state index in [1.807, 2.05) is 41.0 Å². The molecule has 1 saturated carbocycles. The molecule has 0 radical (unpaired) electrons. The van der Waals surface area contributed by atoms with Gasteiger partial charge in [0.25, 0.3) is 0 Å². The van der Waals surface area contributed by atoms with Gasteiger partial charge >= 0.3 is 0 Å². The molecule has 27 heavy (non-hydrogen) atoms. The minimum absolute atomic E-state index is 0.0206. The Labute approximate surface area is 156 Å². The summed E-state index contributed by atoms with van der Waals surface area (Å²) in [6.07, 6.45) is 3.66. The molecular formula is C22H18N2O3. The lowest BCUT2D eigenvalue weighted by Crippen LogP contribution is -2.02. The number of nitrogens with zero attached hydrogens (tertiary/aromatic N) is 2. The number of hydrogen-bond donors (Lipinski definition) is 1. The number of Topliss-reactive ketones (excluding diaryl/α,β-unsaturated/α-hetero) is 2. The van der Waals surface area contributed by atoms with E-state index in [1.165, 1.54) is 0 Å². The first kappa shape index (κ1) is 17.0. The third kappa shape index (κ3) is 3.58. The molecule has 3 aromatic rings. The second kappa shape index (κ2) is 7.03. The lowest BCUT2D eigenvalue weighted by Gasteiger charge is -2.09. The molecule has 0 atom stereocenters. The number of carbonyl (C=O) groups excluding carboxylic acids is 2. The predicted molar refractivity (Wildman–Crippen MR) is 102 cm³/mol. The normalized spacial score (nSPS) is 15.6. The SMILES string of the molecule is O=C1CC(=O)/C(=C/c2c(-c3ccccc3)ncn2Cc2cccc(O)c2)C1. The Morgan fingerprint density at radius 3 is 2.56 bits per heavy atom. The molecular weight excluding hydrogens is 340 g/mol. The number of carbonyl (C=O) groups is 2. The van der Waals surface area contributed by atoms with Crippen molar-refractivity contribution in [3.8, 4) is 17.0 Å². The Hall–Kier alpha value is -3.47. The number of imidazole rings is 1. The van der Waals surface area contributed by atoms with Crippen molar-refractivity contribution in [2.75, 3.05) is 0 Å². The molecule has 0 unspecified atom stereocenters.